The van der Waals surface area contributed by atoms with Crippen LogP contribution in [-0.4, -0.2) is 15.5 Å². The fraction of sp³-hybridized carbons (Fsp3) is 0.391. The largest absolute Gasteiger partial charge is 0.399 e. The average Bonchev–Trinajstić information content (AvgIpc) is 3.33. The van der Waals surface area contributed by atoms with E-state index in [1.54, 1.807) is 6.07 Å². The summed E-state index contributed by atoms with van der Waals surface area (Å²) in [4.78, 5) is 28.4. The molecule has 2 aliphatic rings. The Morgan fingerprint density at radius 2 is 1.87 bits per heavy atom. The molecule has 0 bridgehead atoms. The molecule has 3 aromatic rings. The van der Waals surface area contributed by atoms with Crippen LogP contribution in [0.4, 0.5) is 5.69 Å². The number of H-pyrrole nitrogens is 1. The zero-order valence-electron chi connectivity index (χ0n) is 16.8. The second kappa shape index (κ2) is 8.19. The van der Waals surface area contributed by atoms with E-state index in [0.717, 1.165) is 54.4 Å². The number of aromatic amines is 1. The van der Waals surface area contributed by atoms with Crippen molar-refractivity contribution in [2.45, 2.75) is 57.0 Å². The van der Waals surface area contributed by atoms with E-state index in [9.17, 15) is 9.59 Å². The van der Waals surface area contributed by atoms with E-state index < -0.39 is 0 Å². The van der Waals surface area contributed by atoms with E-state index in [-0.39, 0.29) is 36.1 Å². The standard InChI is InChI=1S/C23H26N4O2.ClH/c24-16-9-10-18-14(12-16)4-3-7-19(18)25-22(28)15-8-11-21-20(13-15)26-23(29)27(21)17-5-1-2-6-17;/h8-13,17,19H,1-7,24H2,(H,25,28)(H,26,29);1H. The minimum absolute atomic E-state index is 0. The Bertz CT molecular complexity index is 1140. The summed E-state index contributed by atoms with van der Waals surface area (Å²) in [6, 6.07) is 11.7. The molecule has 5 rings (SSSR count). The second-order valence-corrected chi connectivity index (χ2v) is 8.35. The van der Waals surface area contributed by atoms with Crippen LogP contribution in [0.25, 0.3) is 11.0 Å². The number of nitrogen functional groups attached to an aromatic ring is 1. The summed E-state index contributed by atoms with van der Waals surface area (Å²) in [7, 11) is 0. The van der Waals surface area contributed by atoms with Crippen LogP contribution in [0.3, 0.4) is 0 Å². The van der Waals surface area contributed by atoms with Crippen molar-refractivity contribution < 1.29 is 4.79 Å². The lowest BCUT2D eigenvalue weighted by Crippen LogP contribution is -2.31. The van der Waals surface area contributed by atoms with Crippen LogP contribution in [-0.2, 0) is 6.42 Å². The Hall–Kier alpha value is -2.73. The number of nitrogens with two attached hydrogens (primary N) is 1. The summed E-state index contributed by atoms with van der Waals surface area (Å²) in [5, 5.41) is 3.17. The highest BCUT2D eigenvalue weighted by atomic mass is 35.5. The average molecular weight is 427 g/mol. The van der Waals surface area contributed by atoms with Crippen LogP contribution in [0.5, 0.6) is 0 Å². The monoisotopic (exact) mass is 426 g/mol. The number of amides is 1. The van der Waals surface area contributed by atoms with Gasteiger partial charge in [0.2, 0.25) is 0 Å². The van der Waals surface area contributed by atoms with Crippen molar-refractivity contribution >= 4 is 35.0 Å². The maximum atomic E-state index is 12.9. The number of hydrogen-bond acceptors (Lipinski definition) is 3. The maximum Gasteiger partial charge on any atom is 0.326 e. The van der Waals surface area contributed by atoms with Crippen LogP contribution in [0.2, 0.25) is 0 Å². The summed E-state index contributed by atoms with van der Waals surface area (Å²) < 4.78 is 1.87. The molecule has 4 N–H and O–H groups in total. The first kappa shape index (κ1) is 20.5. The first-order valence-electron chi connectivity index (χ1n) is 10.5. The van der Waals surface area contributed by atoms with Crippen LogP contribution < -0.4 is 16.7 Å². The Labute approximate surface area is 181 Å². The van der Waals surface area contributed by atoms with Crippen molar-refractivity contribution in [1.29, 1.82) is 0 Å². The number of aryl methyl sites for hydroxylation is 1. The number of rotatable bonds is 3. The molecule has 1 unspecified atom stereocenters. The van der Waals surface area contributed by atoms with E-state index in [0.29, 0.717) is 5.56 Å². The van der Waals surface area contributed by atoms with Gasteiger partial charge in [-0.15, -0.1) is 12.4 Å². The predicted molar refractivity (Wildman–Crippen MR) is 121 cm³/mol. The number of nitrogens with one attached hydrogen (secondary N) is 2. The lowest BCUT2D eigenvalue weighted by molar-refractivity contribution is 0.0933. The van der Waals surface area contributed by atoms with Crippen molar-refractivity contribution in [2.24, 2.45) is 0 Å². The minimum Gasteiger partial charge on any atom is -0.399 e. The highest BCUT2D eigenvalue weighted by molar-refractivity contribution is 5.97. The van der Waals surface area contributed by atoms with E-state index in [4.69, 9.17) is 5.73 Å². The number of aromatic nitrogens is 2. The topological polar surface area (TPSA) is 92.9 Å². The molecule has 0 radical (unpaired) electrons. The van der Waals surface area contributed by atoms with Crippen LogP contribution >= 0.6 is 12.4 Å². The summed E-state index contributed by atoms with van der Waals surface area (Å²) in [5.41, 5.74) is 11.1. The van der Waals surface area contributed by atoms with Gasteiger partial charge in [-0.2, -0.15) is 0 Å². The van der Waals surface area contributed by atoms with Crippen LogP contribution in [0, 0.1) is 0 Å². The number of hydrogen-bond donors (Lipinski definition) is 3. The Morgan fingerprint density at radius 3 is 2.67 bits per heavy atom. The van der Waals surface area contributed by atoms with Crippen molar-refractivity contribution in [3.05, 3.63) is 63.6 Å². The van der Waals surface area contributed by atoms with E-state index >= 15 is 0 Å². The number of anilines is 1. The zero-order valence-corrected chi connectivity index (χ0v) is 17.6. The van der Waals surface area contributed by atoms with Gasteiger partial charge < -0.3 is 16.0 Å². The van der Waals surface area contributed by atoms with Gasteiger partial charge in [-0.1, -0.05) is 18.9 Å². The van der Waals surface area contributed by atoms with E-state index in [2.05, 4.69) is 10.3 Å². The fourth-order valence-corrected chi connectivity index (χ4v) is 5.02. The van der Waals surface area contributed by atoms with Gasteiger partial charge >= 0.3 is 5.69 Å². The van der Waals surface area contributed by atoms with Gasteiger partial charge in [-0.25, -0.2) is 4.79 Å². The summed E-state index contributed by atoms with van der Waals surface area (Å²) >= 11 is 0. The molecule has 1 heterocycles. The number of carbonyl (C=O) groups excluding carboxylic acids is 1. The maximum absolute atomic E-state index is 12.9. The molecule has 0 aliphatic heterocycles. The molecule has 7 heteroatoms. The highest BCUT2D eigenvalue weighted by Crippen LogP contribution is 2.32. The number of fused-ring (bicyclic) bond motifs is 2. The summed E-state index contributed by atoms with van der Waals surface area (Å²) in [5.74, 6) is -0.115. The quantitative estimate of drug-likeness (QED) is 0.546. The zero-order chi connectivity index (χ0) is 20.0. The van der Waals surface area contributed by atoms with E-state index in [1.807, 2.05) is 34.9 Å². The summed E-state index contributed by atoms with van der Waals surface area (Å²) in [6.07, 6.45) is 7.35. The smallest absolute Gasteiger partial charge is 0.326 e. The molecular weight excluding hydrogens is 400 g/mol. The molecule has 30 heavy (non-hydrogen) atoms. The van der Waals surface area contributed by atoms with Crippen LogP contribution in [0.15, 0.2) is 41.2 Å². The van der Waals surface area contributed by atoms with Crippen molar-refractivity contribution in [2.75, 3.05) is 5.73 Å². The Kier molecular flexibility index (Phi) is 5.60. The molecule has 158 valence electrons. The Balaban J connectivity index is 0.00000218. The molecule has 1 aromatic heterocycles. The van der Waals surface area contributed by atoms with Gasteiger partial charge in [-0.3, -0.25) is 9.36 Å². The number of nitrogens with zero attached hydrogens (tertiary/aromatic N) is 1. The second-order valence-electron chi connectivity index (χ2n) is 8.35. The fourth-order valence-electron chi connectivity index (χ4n) is 5.02. The highest BCUT2D eigenvalue weighted by Gasteiger charge is 2.24. The first-order valence-corrected chi connectivity index (χ1v) is 10.5. The van der Waals surface area contributed by atoms with Crippen molar-refractivity contribution in [1.82, 2.24) is 14.9 Å². The molecule has 2 aliphatic carbocycles. The number of halogens is 1. The number of imidazole rings is 1. The van der Waals surface area contributed by atoms with Gasteiger partial charge in [0.05, 0.1) is 17.1 Å². The van der Waals surface area contributed by atoms with Gasteiger partial charge in [0, 0.05) is 17.3 Å². The molecule has 1 amide bonds. The molecular formula is C23H27ClN4O2. The number of benzene rings is 2. The molecule has 0 spiro atoms. The molecule has 6 nitrogen and oxygen atoms in total. The summed E-state index contributed by atoms with van der Waals surface area (Å²) in [6.45, 7) is 0. The first-order chi connectivity index (χ1) is 14.1. The predicted octanol–water partition coefficient (Wildman–Crippen LogP) is 4.26. The Morgan fingerprint density at radius 1 is 1.07 bits per heavy atom. The lowest BCUT2D eigenvalue weighted by atomic mass is 9.87. The van der Waals surface area contributed by atoms with Crippen molar-refractivity contribution in [3.8, 4) is 0 Å². The third kappa shape index (κ3) is 3.60. The van der Waals surface area contributed by atoms with Crippen molar-refractivity contribution in [3.63, 3.8) is 0 Å². The minimum atomic E-state index is -0.115. The molecule has 1 saturated carbocycles. The van der Waals surface area contributed by atoms with Gasteiger partial charge in [0.25, 0.3) is 5.91 Å². The molecule has 0 saturated heterocycles. The van der Waals surface area contributed by atoms with Gasteiger partial charge in [-0.05, 0) is 73.6 Å². The normalized spacial score (nSPS) is 18.7. The van der Waals surface area contributed by atoms with Crippen LogP contribution in [0.1, 0.15) is 72.1 Å². The molecule has 1 atom stereocenters. The number of carbonyl (C=O) groups is 1. The van der Waals surface area contributed by atoms with Gasteiger partial charge in [0.1, 0.15) is 0 Å². The lowest BCUT2D eigenvalue weighted by Gasteiger charge is -2.26. The van der Waals surface area contributed by atoms with Gasteiger partial charge in [0.15, 0.2) is 0 Å². The third-order valence-electron chi connectivity index (χ3n) is 6.46. The molecule has 1 fully saturated rings. The van der Waals surface area contributed by atoms with E-state index in [1.165, 1.54) is 18.4 Å². The molecule has 2 aromatic carbocycles. The SMILES string of the molecule is Cl.Nc1ccc2c(c1)CCCC2NC(=O)c1ccc2c(c1)[nH]c(=O)n2C1CCCC1. The third-order valence-corrected chi connectivity index (χ3v) is 6.46.